The summed E-state index contributed by atoms with van der Waals surface area (Å²) in [6, 6.07) is 3.64. The van der Waals surface area contributed by atoms with Crippen LogP contribution in [0.1, 0.15) is 18.5 Å². The molecule has 0 aromatic heterocycles. The molecule has 0 bridgehead atoms. The molecule has 0 aliphatic rings. The maximum atomic E-state index is 5.80. The Morgan fingerprint density at radius 1 is 1.00 bits per heavy atom. The molecule has 0 aliphatic heterocycles. The van der Waals surface area contributed by atoms with Crippen LogP contribution in [0, 0.1) is 0 Å². The Balaban J connectivity index is 3.29. The van der Waals surface area contributed by atoms with Crippen LogP contribution in [-0.2, 0) is 0 Å². The quantitative estimate of drug-likeness (QED) is 0.824. The Morgan fingerprint density at radius 3 is 1.73 bits per heavy atom. The molecule has 1 aromatic rings. The molecule has 0 aliphatic carbocycles. The molecule has 0 saturated carbocycles. The van der Waals surface area contributed by atoms with Gasteiger partial charge < -0.3 is 19.9 Å². The number of hydrogen-bond acceptors (Lipinski definition) is 4. The second kappa shape index (κ2) is 4.89. The van der Waals surface area contributed by atoms with E-state index in [9.17, 15) is 0 Å². The molecule has 0 unspecified atom stereocenters. The van der Waals surface area contributed by atoms with Crippen LogP contribution < -0.4 is 19.9 Å². The van der Waals surface area contributed by atoms with Crippen molar-refractivity contribution in [2.45, 2.75) is 13.0 Å². The van der Waals surface area contributed by atoms with Crippen molar-refractivity contribution < 1.29 is 14.2 Å². The molecule has 4 nitrogen and oxygen atoms in total. The van der Waals surface area contributed by atoms with Crippen molar-refractivity contribution in [2.24, 2.45) is 5.73 Å². The van der Waals surface area contributed by atoms with Crippen molar-refractivity contribution >= 4 is 0 Å². The highest BCUT2D eigenvalue weighted by molar-refractivity contribution is 5.54. The largest absolute Gasteiger partial charge is 0.493 e. The van der Waals surface area contributed by atoms with Crippen molar-refractivity contribution in [3.8, 4) is 17.2 Å². The van der Waals surface area contributed by atoms with Gasteiger partial charge in [0.2, 0.25) is 5.75 Å². The van der Waals surface area contributed by atoms with Crippen LogP contribution >= 0.6 is 0 Å². The fraction of sp³-hybridized carbons (Fsp3) is 0.455. The van der Waals surface area contributed by atoms with Crippen molar-refractivity contribution in [1.82, 2.24) is 0 Å². The number of methoxy groups -OCH3 is 3. The van der Waals surface area contributed by atoms with Crippen LogP contribution in [0.4, 0.5) is 0 Å². The zero-order chi connectivity index (χ0) is 11.4. The van der Waals surface area contributed by atoms with E-state index in [4.69, 9.17) is 19.9 Å². The third kappa shape index (κ3) is 2.33. The number of ether oxygens (including phenoxy) is 3. The minimum Gasteiger partial charge on any atom is -0.493 e. The fourth-order valence-electron chi connectivity index (χ4n) is 1.36. The summed E-state index contributed by atoms with van der Waals surface area (Å²) in [5.74, 6) is 1.85. The highest BCUT2D eigenvalue weighted by atomic mass is 16.5. The molecule has 2 N–H and O–H groups in total. The first-order valence-corrected chi connectivity index (χ1v) is 4.69. The molecule has 0 saturated heterocycles. The van der Waals surface area contributed by atoms with Gasteiger partial charge >= 0.3 is 0 Å². The van der Waals surface area contributed by atoms with Gasteiger partial charge in [0.1, 0.15) is 0 Å². The van der Waals surface area contributed by atoms with Crippen LogP contribution in [0.15, 0.2) is 12.1 Å². The van der Waals surface area contributed by atoms with Gasteiger partial charge in [0.25, 0.3) is 0 Å². The average molecular weight is 211 g/mol. The molecule has 0 amide bonds. The van der Waals surface area contributed by atoms with E-state index in [1.807, 2.05) is 19.1 Å². The summed E-state index contributed by atoms with van der Waals surface area (Å²) in [5.41, 5.74) is 6.75. The van der Waals surface area contributed by atoms with E-state index >= 15 is 0 Å². The number of benzene rings is 1. The molecule has 1 aromatic carbocycles. The van der Waals surface area contributed by atoms with E-state index in [-0.39, 0.29) is 6.04 Å². The van der Waals surface area contributed by atoms with Crippen LogP contribution in [-0.4, -0.2) is 21.3 Å². The van der Waals surface area contributed by atoms with Gasteiger partial charge in [0.15, 0.2) is 11.5 Å². The third-order valence-corrected chi connectivity index (χ3v) is 2.21. The molecule has 0 fully saturated rings. The smallest absolute Gasteiger partial charge is 0.203 e. The molecule has 1 atom stereocenters. The van der Waals surface area contributed by atoms with Crippen LogP contribution in [0.2, 0.25) is 0 Å². The zero-order valence-corrected chi connectivity index (χ0v) is 9.53. The van der Waals surface area contributed by atoms with Gasteiger partial charge in [-0.3, -0.25) is 0 Å². The summed E-state index contributed by atoms with van der Waals surface area (Å²) >= 11 is 0. The lowest BCUT2D eigenvalue weighted by molar-refractivity contribution is 0.323. The van der Waals surface area contributed by atoms with Gasteiger partial charge in [-0.15, -0.1) is 0 Å². The minimum absolute atomic E-state index is 0.0706. The maximum absolute atomic E-state index is 5.80. The summed E-state index contributed by atoms with van der Waals surface area (Å²) in [5, 5.41) is 0. The van der Waals surface area contributed by atoms with Gasteiger partial charge in [-0.05, 0) is 24.6 Å². The van der Waals surface area contributed by atoms with Gasteiger partial charge in [0.05, 0.1) is 21.3 Å². The van der Waals surface area contributed by atoms with Gasteiger partial charge in [-0.2, -0.15) is 0 Å². The predicted molar refractivity (Wildman–Crippen MR) is 58.7 cm³/mol. The van der Waals surface area contributed by atoms with Gasteiger partial charge in [-0.25, -0.2) is 0 Å². The van der Waals surface area contributed by atoms with E-state index < -0.39 is 0 Å². The molecule has 0 spiro atoms. The summed E-state index contributed by atoms with van der Waals surface area (Å²) in [4.78, 5) is 0. The lowest BCUT2D eigenvalue weighted by atomic mass is 10.1. The predicted octanol–water partition coefficient (Wildman–Crippen LogP) is 1.73. The molecule has 0 radical (unpaired) electrons. The van der Waals surface area contributed by atoms with Crippen molar-refractivity contribution in [1.29, 1.82) is 0 Å². The van der Waals surface area contributed by atoms with Crippen molar-refractivity contribution in [2.75, 3.05) is 21.3 Å². The Morgan fingerprint density at radius 2 is 1.47 bits per heavy atom. The SMILES string of the molecule is COc1cc([C@@H](C)N)cc(OC)c1OC. The van der Waals surface area contributed by atoms with Crippen LogP contribution in [0.5, 0.6) is 17.2 Å². The molecular formula is C11H17NO3. The molecular weight excluding hydrogens is 194 g/mol. The minimum atomic E-state index is -0.0706. The fourth-order valence-corrected chi connectivity index (χ4v) is 1.36. The number of nitrogens with two attached hydrogens (primary N) is 1. The normalized spacial score (nSPS) is 12.1. The molecule has 84 valence electrons. The molecule has 0 heterocycles. The first-order chi connectivity index (χ1) is 7.13. The monoisotopic (exact) mass is 211 g/mol. The summed E-state index contributed by atoms with van der Waals surface area (Å²) < 4.78 is 15.6. The third-order valence-electron chi connectivity index (χ3n) is 2.21. The summed E-state index contributed by atoms with van der Waals surface area (Å²) in [6.07, 6.45) is 0. The van der Waals surface area contributed by atoms with Crippen molar-refractivity contribution in [3.05, 3.63) is 17.7 Å². The van der Waals surface area contributed by atoms with E-state index in [0.717, 1.165) is 5.56 Å². The van der Waals surface area contributed by atoms with E-state index in [1.54, 1.807) is 21.3 Å². The van der Waals surface area contributed by atoms with E-state index in [0.29, 0.717) is 17.2 Å². The van der Waals surface area contributed by atoms with Crippen LogP contribution in [0.25, 0.3) is 0 Å². The number of hydrogen-bond donors (Lipinski definition) is 1. The van der Waals surface area contributed by atoms with Gasteiger partial charge in [-0.1, -0.05) is 0 Å². The zero-order valence-electron chi connectivity index (χ0n) is 9.53. The molecule has 15 heavy (non-hydrogen) atoms. The second-order valence-corrected chi connectivity index (χ2v) is 3.25. The average Bonchev–Trinajstić information content (AvgIpc) is 2.26. The van der Waals surface area contributed by atoms with E-state index in [2.05, 4.69) is 0 Å². The lowest BCUT2D eigenvalue weighted by Gasteiger charge is -2.15. The Kier molecular flexibility index (Phi) is 3.80. The standard InChI is InChI=1S/C11H17NO3/c1-7(12)8-5-9(13-2)11(15-4)10(6-8)14-3/h5-7H,12H2,1-4H3/t7-/m1/s1. The summed E-state index contributed by atoms with van der Waals surface area (Å²) in [7, 11) is 4.75. The molecule has 1 rings (SSSR count). The summed E-state index contributed by atoms with van der Waals surface area (Å²) in [6.45, 7) is 1.90. The first-order valence-electron chi connectivity index (χ1n) is 4.69. The highest BCUT2D eigenvalue weighted by Crippen LogP contribution is 2.39. The van der Waals surface area contributed by atoms with Crippen molar-refractivity contribution in [3.63, 3.8) is 0 Å². The lowest BCUT2D eigenvalue weighted by Crippen LogP contribution is -2.06. The van der Waals surface area contributed by atoms with Crippen LogP contribution in [0.3, 0.4) is 0 Å². The number of rotatable bonds is 4. The Labute approximate surface area is 89.9 Å². The highest BCUT2D eigenvalue weighted by Gasteiger charge is 2.14. The first kappa shape index (κ1) is 11.7. The maximum Gasteiger partial charge on any atom is 0.203 e. The van der Waals surface area contributed by atoms with Gasteiger partial charge in [0, 0.05) is 6.04 Å². The Hall–Kier alpha value is -1.42. The topological polar surface area (TPSA) is 53.7 Å². The van der Waals surface area contributed by atoms with E-state index in [1.165, 1.54) is 0 Å². The second-order valence-electron chi connectivity index (χ2n) is 3.25. The molecule has 4 heteroatoms. The Bertz CT molecular complexity index is 312.